The third kappa shape index (κ3) is 2.76. The Morgan fingerprint density at radius 3 is 2.36 bits per heavy atom. The highest BCUT2D eigenvalue weighted by Gasteiger charge is 2.25. The normalized spacial score (nSPS) is 21.8. The molecule has 0 saturated carbocycles. The van der Waals surface area contributed by atoms with Gasteiger partial charge in [-0.3, -0.25) is 4.90 Å². The van der Waals surface area contributed by atoms with Crippen LogP contribution in [0.15, 0.2) is 54.6 Å². The molecular weight excluding hydrogens is 268 g/mol. The number of hydrogen-bond acceptors (Lipinski definition) is 2. The van der Waals surface area contributed by atoms with E-state index >= 15 is 0 Å². The van der Waals surface area contributed by atoms with Crippen molar-refractivity contribution in [3.8, 4) is 0 Å². The van der Waals surface area contributed by atoms with Crippen LogP contribution in [-0.4, -0.2) is 37.6 Å². The smallest absolute Gasteiger partial charge is 0.0367 e. The van der Waals surface area contributed by atoms with Gasteiger partial charge < -0.3 is 4.90 Å². The lowest BCUT2D eigenvalue weighted by atomic mass is 10.0. The summed E-state index contributed by atoms with van der Waals surface area (Å²) >= 11 is 0. The van der Waals surface area contributed by atoms with Gasteiger partial charge >= 0.3 is 0 Å². The van der Waals surface area contributed by atoms with E-state index < -0.39 is 0 Å². The van der Waals surface area contributed by atoms with E-state index in [1.165, 1.54) is 38.2 Å². The number of hydrogen-bond donors (Lipinski definition) is 0. The molecule has 0 aromatic heterocycles. The molecule has 2 aliphatic rings. The highest BCUT2D eigenvalue weighted by atomic mass is 15.3. The van der Waals surface area contributed by atoms with Crippen LogP contribution in [0.3, 0.4) is 0 Å². The van der Waals surface area contributed by atoms with E-state index in [9.17, 15) is 0 Å². The fourth-order valence-corrected chi connectivity index (χ4v) is 3.97. The molecule has 0 spiro atoms. The van der Waals surface area contributed by atoms with Gasteiger partial charge in [-0.2, -0.15) is 0 Å². The topological polar surface area (TPSA) is 6.48 Å². The van der Waals surface area contributed by atoms with E-state index in [0.717, 1.165) is 19.0 Å². The molecule has 1 unspecified atom stereocenters. The average Bonchev–Trinajstić information content (AvgIpc) is 3.00. The van der Waals surface area contributed by atoms with Gasteiger partial charge in [-0.1, -0.05) is 42.5 Å². The summed E-state index contributed by atoms with van der Waals surface area (Å²) in [5, 5.41) is 0. The van der Waals surface area contributed by atoms with Gasteiger partial charge in [-0.05, 0) is 42.0 Å². The molecule has 1 heterocycles. The minimum atomic E-state index is 0.750. The van der Waals surface area contributed by atoms with Crippen molar-refractivity contribution in [2.45, 2.75) is 18.8 Å². The average molecular weight is 292 g/mol. The third-order valence-corrected chi connectivity index (χ3v) is 5.23. The molecule has 1 aliphatic carbocycles. The molecule has 0 bridgehead atoms. The fourth-order valence-electron chi connectivity index (χ4n) is 3.97. The van der Waals surface area contributed by atoms with Crippen molar-refractivity contribution in [2.24, 2.45) is 0 Å². The van der Waals surface area contributed by atoms with Crippen molar-refractivity contribution in [3.05, 3.63) is 65.7 Å². The van der Waals surface area contributed by atoms with Crippen LogP contribution in [0.4, 0.5) is 5.69 Å². The van der Waals surface area contributed by atoms with Gasteiger partial charge in [0.1, 0.15) is 0 Å². The Labute approximate surface area is 133 Å². The molecule has 2 aromatic rings. The molecule has 114 valence electrons. The Bertz CT molecular complexity index is 615. The van der Waals surface area contributed by atoms with Gasteiger partial charge in [0.05, 0.1) is 0 Å². The van der Waals surface area contributed by atoms with Crippen LogP contribution >= 0.6 is 0 Å². The van der Waals surface area contributed by atoms with Crippen molar-refractivity contribution in [2.75, 3.05) is 37.6 Å². The molecule has 22 heavy (non-hydrogen) atoms. The summed E-state index contributed by atoms with van der Waals surface area (Å²) in [5.74, 6) is 0.750. The van der Waals surface area contributed by atoms with Gasteiger partial charge in [-0.25, -0.2) is 0 Å². The van der Waals surface area contributed by atoms with Crippen LogP contribution in [0.2, 0.25) is 0 Å². The van der Waals surface area contributed by atoms with E-state index in [4.69, 9.17) is 0 Å². The fraction of sp³-hybridized carbons (Fsp3) is 0.400. The summed E-state index contributed by atoms with van der Waals surface area (Å²) in [6.45, 7) is 5.91. The molecule has 1 atom stereocenters. The number of anilines is 1. The van der Waals surface area contributed by atoms with Crippen LogP contribution in [0, 0.1) is 0 Å². The van der Waals surface area contributed by atoms with Crippen molar-refractivity contribution >= 4 is 5.69 Å². The van der Waals surface area contributed by atoms with Gasteiger partial charge in [-0.15, -0.1) is 0 Å². The van der Waals surface area contributed by atoms with Gasteiger partial charge in [0.2, 0.25) is 0 Å². The molecule has 1 fully saturated rings. The maximum Gasteiger partial charge on any atom is 0.0367 e. The zero-order valence-electron chi connectivity index (χ0n) is 13.1. The molecule has 1 aliphatic heterocycles. The Morgan fingerprint density at radius 2 is 1.55 bits per heavy atom. The number of aryl methyl sites for hydroxylation is 1. The molecular formula is C20H24N2. The zero-order chi connectivity index (χ0) is 14.8. The van der Waals surface area contributed by atoms with Gasteiger partial charge in [0, 0.05) is 38.4 Å². The molecule has 1 saturated heterocycles. The minimum Gasteiger partial charge on any atom is -0.369 e. The lowest BCUT2D eigenvalue weighted by molar-refractivity contribution is 0.241. The summed E-state index contributed by atoms with van der Waals surface area (Å²) in [7, 11) is 0. The first-order valence-corrected chi connectivity index (χ1v) is 8.50. The number of piperazine rings is 1. The first kappa shape index (κ1) is 13.8. The number of nitrogens with zero attached hydrogens (tertiary/aromatic N) is 2. The summed E-state index contributed by atoms with van der Waals surface area (Å²) in [6.07, 6.45) is 2.60. The molecule has 0 radical (unpaired) electrons. The van der Waals surface area contributed by atoms with Crippen LogP contribution in [0.1, 0.15) is 23.5 Å². The second-order valence-corrected chi connectivity index (χ2v) is 6.56. The molecule has 2 aromatic carbocycles. The summed E-state index contributed by atoms with van der Waals surface area (Å²) in [5.41, 5.74) is 4.55. The largest absolute Gasteiger partial charge is 0.369 e. The number of rotatable bonds is 3. The zero-order valence-corrected chi connectivity index (χ0v) is 13.1. The first-order chi connectivity index (χ1) is 10.9. The summed E-state index contributed by atoms with van der Waals surface area (Å²) in [4.78, 5) is 5.17. The highest BCUT2D eigenvalue weighted by Crippen LogP contribution is 2.33. The van der Waals surface area contributed by atoms with E-state index in [0.29, 0.717) is 0 Å². The Kier molecular flexibility index (Phi) is 3.86. The van der Waals surface area contributed by atoms with E-state index in [-0.39, 0.29) is 0 Å². The standard InChI is InChI=1S/C20H24N2/c1-2-7-19(8-3-1)22-14-12-21(13-15-22)16-18-11-10-17-6-4-5-9-20(17)18/h1-9,18H,10-16H2. The maximum absolute atomic E-state index is 2.66. The van der Waals surface area contributed by atoms with Crippen LogP contribution in [0.5, 0.6) is 0 Å². The summed E-state index contributed by atoms with van der Waals surface area (Å²) in [6, 6.07) is 19.8. The van der Waals surface area contributed by atoms with Crippen LogP contribution < -0.4 is 4.90 Å². The second kappa shape index (κ2) is 6.13. The quantitative estimate of drug-likeness (QED) is 0.854. The van der Waals surface area contributed by atoms with Crippen LogP contribution in [0.25, 0.3) is 0 Å². The highest BCUT2D eigenvalue weighted by molar-refractivity contribution is 5.46. The Balaban J connectivity index is 1.35. The lowest BCUT2D eigenvalue weighted by Crippen LogP contribution is -2.47. The molecule has 0 amide bonds. The maximum atomic E-state index is 2.66. The lowest BCUT2D eigenvalue weighted by Gasteiger charge is -2.37. The predicted octanol–water partition coefficient (Wildman–Crippen LogP) is 3.54. The second-order valence-electron chi connectivity index (χ2n) is 6.56. The van der Waals surface area contributed by atoms with Crippen molar-refractivity contribution < 1.29 is 0 Å². The Morgan fingerprint density at radius 1 is 0.818 bits per heavy atom. The molecule has 2 nitrogen and oxygen atoms in total. The van der Waals surface area contributed by atoms with E-state index in [2.05, 4.69) is 64.4 Å². The predicted molar refractivity (Wildman–Crippen MR) is 92.6 cm³/mol. The first-order valence-electron chi connectivity index (χ1n) is 8.50. The SMILES string of the molecule is c1ccc(N2CCN(CC3CCc4ccccc43)CC2)cc1. The monoisotopic (exact) mass is 292 g/mol. The molecule has 4 rings (SSSR count). The van der Waals surface area contributed by atoms with Crippen molar-refractivity contribution in [1.29, 1.82) is 0 Å². The third-order valence-electron chi connectivity index (χ3n) is 5.23. The van der Waals surface area contributed by atoms with Crippen LogP contribution in [-0.2, 0) is 6.42 Å². The number of benzene rings is 2. The summed E-state index contributed by atoms with van der Waals surface area (Å²) < 4.78 is 0. The van der Waals surface area contributed by atoms with E-state index in [1.54, 1.807) is 11.1 Å². The number of para-hydroxylation sites is 1. The van der Waals surface area contributed by atoms with Gasteiger partial charge in [0.15, 0.2) is 0 Å². The number of fused-ring (bicyclic) bond motifs is 1. The Hall–Kier alpha value is -1.80. The van der Waals surface area contributed by atoms with Crippen molar-refractivity contribution in [3.63, 3.8) is 0 Å². The van der Waals surface area contributed by atoms with Crippen molar-refractivity contribution in [1.82, 2.24) is 4.90 Å². The van der Waals surface area contributed by atoms with E-state index in [1.807, 2.05) is 0 Å². The minimum absolute atomic E-state index is 0.750. The molecule has 0 N–H and O–H groups in total. The van der Waals surface area contributed by atoms with Gasteiger partial charge in [0.25, 0.3) is 0 Å². The molecule has 2 heteroatoms.